The van der Waals surface area contributed by atoms with E-state index in [2.05, 4.69) is 9.98 Å². The quantitative estimate of drug-likeness (QED) is 0.690. The smallest absolute Gasteiger partial charge is 0.181 e. The van der Waals surface area contributed by atoms with E-state index in [0.717, 1.165) is 22.5 Å². The zero-order valence-electron chi connectivity index (χ0n) is 9.29. The number of Topliss-reactive ketones (excluding diaryl/α,β-unsaturated/α-hetero) is 1. The van der Waals surface area contributed by atoms with Crippen LogP contribution in [-0.4, -0.2) is 16.5 Å². The second-order valence-corrected chi connectivity index (χ2v) is 3.82. The Morgan fingerprint density at radius 3 is 2.87 bits per heavy atom. The first-order valence-corrected chi connectivity index (χ1v) is 5.18. The van der Waals surface area contributed by atoms with E-state index < -0.39 is 0 Å². The van der Waals surface area contributed by atoms with Gasteiger partial charge in [0.2, 0.25) is 0 Å². The largest absolute Gasteiger partial charge is 0.292 e. The zero-order valence-corrected chi connectivity index (χ0v) is 9.29. The third kappa shape index (κ3) is 1.58. The fourth-order valence-corrected chi connectivity index (χ4v) is 1.86. The van der Waals surface area contributed by atoms with Gasteiger partial charge >= 0.3 is 0 Å². The number of carbonyl (C=O) groups is 1. The molecule has 0 fully saturated rings. The van der Waals surface area contributed by atoms with Gasteiger partial charge in [0, 0.05) is 29.0 Å². The van der Waals surface area contributed by atoms with Crippen LogP contribution in [0.15, 0.2) is 11.1 Å². The van der Waals surface area contributed by atoms with E-state index in [9.17, 15) is 4.79 Å². The molecule has 1 aromatic rings. The second-order valence-electron chi connectivity index (χ2n) is 3.82. The number of pyridine rings is 1. The number of ketones is 1. The van der Waals surface area contributed by atoms with Crippen LogP contribution in [0.2, 0.25) is 0 Å². The molecule has 3 nitrogen and oxygen atoms in total. The highest BCUT2D eigenvalue weighted by atomic mass is 16.1. The molecule has 2 rings (SSSR count). The molecule has 0 N–H and O–H groups in total. The number of nitrogens with zero attached hydrogens (tertiary/aromatic N) is 2. The van der Waals surface area contributed by atoms with E-state index in [4.69, 9.17) is 0 Å². The first-order chi connectivity index (χ1) is 7.13. The van der Waals surface area contributed by atoms with Gasteiger partial charge in [-0.1, -0.05) is 6.92 Å². The van der Waals surface area contributed by atoms with E-state index in [1.807, 2.05) is 26.8 Å². The second kappa shape index (κ2) is 3.57. The van der Waals surface area contributed by atoms with E-state index >= 15 is 0 Å². The summed E-state index contributed by atoms with van der Waals surface area (Å²) in [5, 5.41) is 0. The van der Waals surface area contributed by atoms with Gasteiger partial charge in [-0.3, -0.25) is 9.79 Å². The summed E-state index contributed by atoms with van der Waals surface area (Å²) in [5.41, 5.74) is 4.63. The number of carbonyl (C=O) groups excluding carboxylic acids is 1. The van der Waals surface area contributed by atoms with E-state index in [0.29, 0.717) is 18.7 Å². The van der Waals surface area contributed by atoms with Crippen LogP contribution < -0.4 is 0 Å². The average Bonchev–Trinajstić information content (AvgIpc) is 2.58. The number of hydrogen-bond acceptors (Lipinski definition) is 3. The Labute approximate surface area is 89.3 Å². The number of aliphatic imine (C=N–C) groups is 1. The number of fused-ring (bicyclic) bond motifs is 1. The third-order valence-corrected chi connectivity index (χ3v) is 2.70. The number of aromatic nitrogens is 1. The molecule has 0 atom stereocenters. The molecular weight excluding hydrogens is 188 g/mol. The molecule has 0 aliphatic carbocycles. The van der Waals surface area contributed by atoms with E-state index in [-0.39, 0.29) is 5.78 Å². The van der Waals surface area contributed by atoms with Crippen LogP contribution in [0.4, 0.5) is 0 Å². The van der Waals surface area contributed by atoms with Gasteiger partial charge in [-0.15, -0.1) is 0 Å². The van der Waals surface area contributed by atoms with Gasteiger partial charge in [0.05, 0.1) is 6.54 Å². The van der Waals surface area contributed by atoms with Crippen molar-refractivity contribution < 1.29 is 4.79 Å². The molecule has 1 aromatic heterocycles. The van der Waals surface area contributed by atoms with Crippen LogP contribution in [0, 0.1) is 6.92 Å². The molecule has 0 saturated heterocycles. The predicted octanol–water partition coefficient (Wildman–Crippen LogP) is 2.31. The minimum atomic E-state index is 0.111. The van der Waals surface area contributed by atoms with Gasteiger partial charge < -0.3 is 0 Å². The monoisotopic (exact) mass is 202 g/mol. The Kier molecular flexibility index (Phi) is 2.39. The molecule has 0 bridgehead atoms. The van der Waals surface area contributed by atoms with Gasteiger partial charge in [0.1, 0.15) is 5.69 Å². The Morgan fingerprint density at radius 2 is 2.20 bits per heavy atom. The first-order valence-electron chi connectivity index (χ1n) is 5.18. The number of rotatable bonds is 2. The molecule has 0 spiro atoms. The summed E-state index contributed by atoms with van der Waals surface area (Å²) in [5.74, 6) is 0.111. The molecule has 15 heavy (non-hydrogen) atoms. The number of hydrogen-bond donors (Lipinski definition) is 0. The highest BCUT2D eigenvalue weighted by molar-refractivity contribution is 6.06. The van der Waals surface area contributed by atoms with Crippen molar-refractivity contribution in [2.24, 2.45) is 4.99 Å². The van der Waals surface area contributed by atoms with Crippen LogP contribution in [0.1, 0.15) is 47.6 Å². The highest BCUT2D eigenvalue weighted by Gasteiger charge is 2.21. The van der Waals surface area contributed by atoms with Crippen LogP contribution in [0.3, 0.4) is 0 Å². The fraction of sp³-hybridized carbons (Fsp3) is 0.417. The molecule has 0 unspecified atom stereocenters. The summed E-state index contributed by atoms with van der Waals surface area (Å²) in [7, 11) is 0. The molecule has 0 saturated carbocycles. The standard InChI is InChI=1S/C12H14N2O/c1-4-11(15)12-10-6-13-8(3)9(10)5-7(2)14-12/h5H,4,6H2,1-3H3. The van der Waals surface area contributed by atoms with Crippen molar-refractivity contribution in [2.45, 2.75) is 33.7 Å². The molecule has 0 amide bonds. The minimum Gasteiger partial charge on any atom is -0.292 e. The van der Waals surface area contributed by atoms with Crippen LogP contribution >= 0.6 is 0 Å². The lowest BCUT2D eigenvalue weighted by Crippen LogP contribution is -2.08. The van der Waals surface area contributed by atoms with Crippen LogP contribution in [0.5, 0.6) is 0 Å². The van der Waals surface area contributed by atoms with Crippen molar-refractivity contribution in [2.75, 3.05) is 0 Å². The van der Waals surface area contributed by atoms with E-state index in [1.54, 1.807) is 0 Å². The molecular formula is C12H14N2O. The summed E-state index contributed by atoms with van der Waals surface area (Å²) in [4.78, 5) is 20.4. The van der Waals surface area contributed by atoms with Gasteiger partial charge in [-0.25, -0.2) is 4.98 Å². The summed E-state index contributed by atoms with van der Waals surface area (Å²) in [6, 6.07) is 2.01. The van der Waals surface area contributed by atoms with Crippen molar-refractivity contribution in [3.63, 3.8) is 0 Å². The molecule has 3 heteroatoms. The van der Waals surface area contributed by atoms with Crippen molar-refractivity contribution >= 4 is 11.5 Å². The Hall–Kier alpha value is -1.51. The molecule has 0 radical (unpaired) electrons. The van der Waals surface area contributed by atoms with Gasteiger partial charge in [0.25, 0.3) is 0 Å². The SMILES string of the molecule is CCC(=O)c1nc(C)cc2c1CN=C2C. The Balaban J connectivity index is 2.60. The molecule has 1 aliphatic heterocycles. The Morgan fingerprint density at radius 1 is 1.47 bits per heavy atom. The topological polar surface area (TPSA) is 42.3 Å². The molecule has 1 aliphatic rings. The molecule has 2 heterocycles. The van der Waals surface area contributed by atoms with Crippen molar-refractivity contribution in [3.8, 4) is 0 Å². The summed E-state index contributed by atoms with van der Waals surface area (Å²) in [6.07, 6.45) is 0.502. The normalized spacial score (nSPS) is 13.7. The lowest BCUT2D eigenvalue weighted by Gasteiger charge is -2.07. The van der Waals surface area contributed by atoms with Crippen LogP contribution in [0.25, 0.3) is 0 Å². The van der Waals surface area contributed by atoms with E-state index in [1.165, 1.54) is 0 Å². The zero-order chi connectivity index (χ0) is 11.0. The lowest BCUT2D eigenvalue weighted by atomic mass is 10.0. The maximum absolute atomic E-state index is 11.7. The van der Waals surface area contributed by atoms with Gasteiger partial charge in [-0.05, 0) is 19.9 Å². The third-order valence-electron chi connectivity index (χ3n) is 2.70. The first kappa shape index (κ1) is 10.0. The minimum absolute atomic E-state index is 0.111. The maximum Gasteiger partial charge on any atom is 0.181 e. The van der Waals surface area contributed by atoms with Crippen LogP contribution in [-0.2, 0) is 6.54 Å². The van der Waals surface area contributed by atoms with Gasteiger partial charge in [0.15, 0.2) is 5.78 Å². The van der Waals surface area contributed by atoms with Crippen molar-refractivity contribution in [1.29, 1.82) is 0 Å². The maximum atomic E-state index is 11.7. The number of aryl methyl sites for hydroxylation is 1. The predicted molar refractivity (Wildman–Crippen MR) is 59.5 cm³/mol. The molecule has 0 aromatic carbocycles. The summed E-state index contributed by atoms with van der Waals surface area (Å²) in [6.45, 7) is 6.36. The fourth-order valence-electron chi connectivity index (χ4n) is 1.86. The Bertz CT molecular complexity index is 461. The van der Waals surface area contributed by atoms with Crippen molar-refractivity contribution in [3.05, 3.63) is 28.6 Å². The summed E-state index contributed by atoms with van der Waals surface area (Å²) < 4.78 is 0. The summed E-state index contributed by atoms with van der Waals surface area (Å²) >= 11 is 0. The van der Waals surface area contributed by atoms with Crippen molar-refractivity contribution in [1.82, 2.24) is 4.98 Å². The highest BCUT2D eigenvalue weighted by Crippen LogP contribution is 2.23. The molecule has 78 valence electrons. The average molecular weight is 202 g/mol. The van der Waals surface area contributed by atoms with Gasteiger partial charge in [-0.2, -0.15) is 0 Å². The lowest BCUT2D eigenvalue weighted by molar-refractivity contribution is 0.0982.